The summed E-state index contributed by atoms with van der Waals surface area (Å²) < 4.78 is 17.7. The summed E-state index contributed by atoms with van der Waals surface area (Å²) in [6.45, 7) is 1.67. The van der Waals surface area contributed by atoms with Crippen LogP contribution in [0, 0.1) is 88.1 Å². The minimum atomic E-state index is -1.74. The number of hydrogen-bond acceptors (Lipinski definition) is 4. The molecule has 1 aliphatic heterocycles. The van der Waals surface area contributed by atoms with Crippen LogP contribution in [0.1, 0.15) is 6.92 Å². The topological polar surface area (TPSA) is 61.7 Å². The molecule has 3 N–H and O–H groups in total. The van der Waals surface area contributed by atoms with E-state index in [1.165, 1.54) is 0 Å². The third kappa shape index (κ3) is 4.49. The van der Waals surface area contributed by atoms with Crippen LogP contribution in [-0.4, -0.2) is 48.0 Å². The second kappa shape index (κ2) is 8.70. The molecular formula is C7H14Ac2FNO3. The van der Waals surface area contributed by atoms with Gasteiger partial charge in [0.1, 0.15) is 6.10 Å². The molecule has 2 radical (unpaired) electrons. The Balaban J connectivity index is 0. The van der Waals surface area contributed by atoms with Crippen molar-refractivity contribution in [2.45, 2.75) is 37.6 Å². The summed E-state index contributed by atoms with van der Waals surface area (Å²) in [6, 6.07) is -0.469. The summed E-state index contributed by atoms with van der Waals surface area (Å²) in [7, 11) is 1.61. The molecule has 0 aromatic carbocycles. The Kier molecular flexibility index (Phi) is 11.8. The molecule has 7 heteroatoms. The van der Waals surface area contributed by atoms with Crippen LogP contribution >= 0.6 is 0 Å². The first-order valence-corrected chi connectivity index (χ1v) is 3.91. The van der Waals surface area contributed by atoms with Gasteiger partial charge in [-0.1, -0.05) is 0 Å². The van der Waals surface area contributed by atoms with Crippen molar-refractivity contribution in [1.29, 1.82) is 0 Å². The van der Waals surface area contributed by atoms with E-state index in [4.69, 9.17) is 9.84 Å². The fraction of sp³-hybridized carbons (Fsp3) is 1.00. The van der Waals surface area contributed by atoms with Crippen molar-refractivity contribution in [3.05, 3.63) is 0 Å². The Morgan fingerprint density at radius 1 is 1.29 bits per heavy atom. The summed E-state index contributed by atoms with van der Waals surface area (Å²) in [5, 5.41) is 21.0. The molecule has 1 aliphatic rings. The molecule has 1 saturated heterocycles. The van der Waals surface area contributed by atoms with Crippen molar-refractivity contribution in [2.75, 3.05) is 7.05 Å². The number of rotatable bonds is 1. The Morgan fingerprint density at radius 2 is 1.79 bits per heavy atom. The van der Waals surface area contributed by atoms with Crippen molar-refractivity contribution in [2.24, 2.45) is 0 Å². The Labute approximate surface area is 154 Å². The SMILES string of the molecule is CNC1C(C)OC(O)C(F)C1O.[Ac].[Ac]. The van der Waals surface area contributed by atoms with Crippen molar-refractivity contribution in [3.8, 4) is 0 Å². The molecule has 5 atom stereocenters. The largest absolute Gasteiger partial charge is 0.388 e. The third-order valence-electron chi connectivity index (χ3n) is 2.16. The van der Waals surface area contributed by atoms with E-state index < -0.39 is 30.7 Å². The van der Waals surface area contributed by atoms with Crippen LogP contribution in [0.25, 0.3) is 0 Å². The molecule has 78 valence electrons. The number of hydrogen-bond donors (Lipinski definition) is 3. The predicted octanol–water partition coefficient (Wildman–Crippen LogP) is -0.990. The fourth-order valence-electron chi connectivity index (χ4n) is 1.43. The minimum absolute atomic E-state index is 0. The molecule has 5 unspecified atom stereocenters. The zero-order chi connectivity index (χ0) is 9.30. The zero-order valence-electron chi connectivity index (χ0n) is 8.22. The fourth-order valence-corrected chi connectivity index (χ4v) is 1.43. The van der Waals surface area contributed by atoms with Gasteiger partial charge in [0.15, 0.2) is 12.5 Å². The minimum Gasteiger partial charge on any atom is -0.388 e. The first kappa shape index (κ1) is 19.0. The van der Waals surface area contributed by atoms with Gasteiger partial charge in [0.05, 0.1) is 12.1 Å². The van der Waals surface area contributed by atoms with Crippen LogP contribution in [0.3, 0.4) is 0 Å². The van der Waals surface area contributed by atoms with Crippen LogP contribution in [0.15, 0.2) is 0 Å². The molecule has 0 aromatic heterocycles. The summed E-state index contributed by atoms with van der Waals surface area (Å²) in [5.74, 6) is 0. The van der Waals surface area contributed by atoms with E-state index in [1.54, 1.807) is 14.0 Å². The van der Waals surface area contributed by atoms with Gasteiger partial charge < -0.3 is 20.3 Å². The van der Waals surface area contributed by atoms with Gasteiger partial charge in [0.2, 0.25) is 0 Å². The molecular weight excluding hydrogens is 619 g/mol. The molecule has 1 heterocycles. The van der Waals surface area contributed by atoms with Crippen LogP contribution < -0.4 is 5.32 Å². The number of alkyl halides is 1. The van der Waals surface area contributed by atoms with Gasteiger partial charge in [0, 0.05) is 88.1 Å². The maximum absolute atomic E-state index is 12.9. The van der Waals surface area contributed by atoms with Crippen molar-refractivity contribution < 1.29 is 107 Å². The van der Waals surface area contributed by atoms with E-state index in [0.717, 1.165) is 0 Å². The quantitative estimate of drug-likeness (QED) is 0.348. The predicted molar refractivity (Wildman–Crippen MR) is 40.3 cm³/mol. The van der Waals surface area contributed by atoms with Crippen molar-refractivity contribution >= 4 is 0 Å². The average Bonchev–Trinajstić information content (AvgIpc) is 2.01. The smallest absolute Gasteiger partial charge is 0.189 e. The number of aliphatic hydroxyl groups is 2. The summed E-state index contributed by atoms with van der Waals surface area (Å²) >= 11 is 0. The summed E-state index contributed by atoms with van der Waals surface area (Å²) in [6.07, 6.45) is -4.86. The van der Waals surface area contributed by atoms with Crippen molar-refractivity contribution in [3.63, 3.8) is 0 Å². The standard InChI is InChI=1S/C7H14FNO3.2Ac/c1-3-5(9-2)6(10)4(8)7(11)12-3;;/h3-7,9-11H,1-2H3;;. The van der Waals surface area contributed by atoms with Crippen LogP contribution in [0.4, 0.5) is 4.39 Å². The molecule has 14 heavy (non-hydrogen) atoms. The maximum atomic E-state index is 12.9. The first-order valence-electron chi connectivity index (χ1n) is 3.91. The van der Waals surface area contributed by atoms with Gasteiger partial charge in [-0.3, -0.25) is 0 Å². The van der Waals surface area contributed by atoms with Crippen LogP contribution in [0.2, 0.25) is 0 Å². The Bertz CT molecular complexity index is 166. The van der Waals surface area contributed by atoms with Crippen LogP contribution in [-0.2, 0) is 4.74 Å². The van der Waals surface area contributed by atoms with Crippen LogP contribution in [0.5, 0.6) is 0 Å². The van der Waals surface area contributed by atoms with Gasteiger partial charge in [0.25, 0.3) is 0 Å². The zero-order valence-corrected chi connectivity index (χ0v) is 17.7. The molecule has 0 aromatic rings. The van der Waals surface area contributed by atoms with E-state index in [0.29, 0.717) is 0 Å². The number of ether oxygens (including phenoxy) is 1. The molecule has 0 saturated carbocycles. The normalized spacial score (nSPS) is 42.2. The van der Waals surface area contributed by atoms with Gasteiger partial charge in [-0.15, -0.1) is 0 Å². The van der Waals surface area contributed by atoms with Gasteiger partial charge in [-0.25, -0.2) is 4.39 Å². The van der Waals surface area contributed by atoms with Gasteiger partial charge in [-0.05, 0) is 14.0 Å². The third-order valence-corrected chi connectivity index (χ3v) is 2.16. The Morgan fingerprint density at radius 3 is 2.21 bits per heavy atom. The van der Waals surface area contributed by atoms with E-state index in [2.05, 4.69) is 5.32 Å². The van der Waals surface area contributed by atoms with E-state index in [1.807, 2.05) is 0 Å². The summed E-state index contributed by atoms with van der Waals surface area (Å²) in [5.41, 5.74) is 0. The second-order valence-corrected chi connectivity index (χ2v) is 2.98. The maximum Gasteiger partial charge on any atom is 0.189 e. The van der Waals surface area contributed by atoms with E-state index in [9.17, 15) is 9.50 Å². The molecule has 1 rings (SSSR count). The molecule has 1 fully saturated rings. The molecule has 0 amide bonds. The van der Waals surface area contributed by atoms with Gasteiger partial charge >= 0.3 is 0 Å². The second-order valence-electron chi connectivity index (χ2n) is 2.98. The van der Waals surface area contributed by atoms with E-state index in [-0.39, 0.29) is 88.1 Å². The molecule has 0 bridgehead atoms. The average molecular weight is 633 g/mol. The number of likely N-dealkylation sites (N-methyl/N-ethyl adjacent to an activating group) is 1. The number of halogens is 1. The van der Waals surface area contributed by atoms with Crippen molar-refractivity contribution in [1.82, 2.24) is 5.32 Å². The Hall–Kier alpha value is 2.65. The molecule has 0 spiro atoms. The number of nitrogens with one attached hydrogen (secondary N) is 1. The molecule has 4 nitrogen and oxygen atoms in total. The monoisotopic (exact) mass is 633 g/mol. The summed E-state index contributed by atoms with van der Waals surface area (Å²) in [4.78, 5) is 0. The van der Waals surface area contributed by atoms with E-state index >= 15 is 0 Å². The van der Waals surface area contributed by atoms with Gasteiger partial charge in [-0.2, -0.15) is 0 Å². The number of aliphatic hydroxyl groups excluding tert-OH is 2. The molecule has 0 aliphatic carbocycles. The first-order chi connectivity index (χ1) is 5.57.